The second-order valence-electron chi connectivity index (χ2n) is 5.32. The molecule has 3 rings (SSSR count). The third-order valence-electron chi connectivity index (χ3n) is 3.79. The van der Waals surface area contributed by atoms with Crippen molar-refractivity contribution in [2.75, 3.05) is 18.4 Å². The molecule has 2 heterocycles. The summed E-state index contributed by atoms with van der Waals surface area (Å²) in [6, 6.07) is 9.68. The second kappa shape index (κ2) is 7.01. The summed E-state index contributed by atoms with van der Waals surface area (Å²) in [7, 11) is 0. The average Bonchev–Trinajstić information content (AvgIpc) is 3.13. The SMILES string of the molecule is O=C(CN1CCC[C@@H]1c1cccs1)Nc1ccc(Cl)c(Cl)c1. The van der Waals surface area contributed by atoms with E-state index < -0.39 is 0 Å². The van der Waals surface area contributed by atoms with Crippen LogP contribution in [-0.4, -0.2) is 23.9 Å². The summed E-state index contributed by atoms with van der Waals surface area (Å²) in [6.45, 7) is 1.35. The van der Waals surface area contributed by atoms with Crippen molar-refractivity contribution < 1.29 is 4.79 Å². The van der Waals surface area contributed by atoms with Crippen molar-refractivity contribution in [3.8, 4) is 0 Å². The summed E-state index contributed by atoms with van der Waals surface area (Å²) in [4.78, 5) is 15.8. The molecule has 0 bridgehead atoms. The second-order valence-corrected chi connectivity index (χ2v) is 7.11. The molecule has 3 nitrogen and oxygen atoms in total. The van der Waals surface area contributed by atoms with Crippen LogP contribution in [-0.2, 0) is 4.79 Å². The van der Waals surface area contributed by atoms with Gasteiger partial charge in [0.1, 0.15) is 0 Å². The molecule has 116 valence electrons. The highest BCUT2D eigenvalue weighted by Gasteiger charge is 2.28. The Morgan fingerprint density at radius 2 is 2.18 bits per heavy atom. The normalized spacial score (nSPS) is 18.5. The van der Waals surface area contributed by atoms with E-state index >= 15 is 0 Å². The number of carbonyl (C=O) groups is 1. The van der Waals surface area contributed by atoms with Crippen LogP contribution in [0, 0.1) is 0 Å². The first-order chi connectivity index (χ1) is 10.6. The summed E-state index contributed by atoms with van der Waals surface area (Å²) in [5, 5.41) is 5.89. The van der Waals surface area contributed by atoms with Gasteiger partial charge in [-0.1, -0.05) is 29.3 Å². The maximum absolute atomic E-state index is 12.3. The number of nitrogens with zero attached hydrogens (tertiary/aromatic N) is 1. The summed E-state index contributed by atoms with van der Waals surface area (Å²) >= 11 is 13.6. The molecule has 0 unspecified atom stereocenters. The molecule has 1 atom stereocenters. The molecule has 2 aromatic rings. The van der Waals surface area contributed by atoms with Gasteiger partial charge in [0.05, 0.1) is 16.6 Å². The number of likely N-dealkylation sites (tertiary alicyclic amines) is 1. The highest BCUT2D eigenvalue weighted by atomic mass is 35.5. The lowest BCUT2D eigenvalue weighted by Crippen LogP contribution is -2.32. The Morgan fingerprint density at radius 1 is 1.32 bits per heavy atom. The van der Waals surface area contributed by atoms with Gasteiger partial charge >= 0.3 is 0 Å². The number of hydrogen-bond donors (Lipinski definition) is 1. The van der Waals surface area contributed by atoms with Gasteiger partial charge in [0.15, 0.2) is 0 Å². The van der Waals surface area contributed by atoms with Crippen molar-refractivity contribution in [1.29, 1.82) is 0 Å². The quantitative estimate of drug-likeness (QED) is 0.852. The summed E-state index contributed by atoms with van der Waals surface area (Å²) in [5.41, 5.74) is 0.672. The van der Waals surface area contributed by atoms with Gasteiger partial charge in [0, 0.05) is 16.6 Å². The van der Waals surface area contributed by atoms with Gasteiger partial charge in [-0.05, 0) is 49.0 Å². The largest absolute Gasteiger partial charge is 0.325 e. The maximum Gasteiger partial charge on any atom is 0.238 e. The Hall–Kier alpha value is -1.07. The molecule has 1 saturated heterocycles. The van der Waals surface area contributed by atoms with Crippen LogP contribution in [0.4, 0.5) is 5.69 Å². The molecular formula is C16H16Cl2N2OS. The first-order valence-corrected chi connectivity index (χ1v) is 8.79. The molecule has 1 aromatic heterocycles. The maximum atomic E-state index is 12.3. The summed E-state index contributed by atoms with van der Waals surface area (Å²) in [5.74, 6) is -0.0261. The zero-order valence-corrected chi connectivity index (χ0v) is 14.2. The third-order valence-corrected chi connectivity index (χ3v) is 5.50. The van der Waals surface area contributed by atoms with Gasteiger partial charge in [-0.25, -0.2) is 0 Å². The molecule has 1 amide bonds. The Balaban J connectivity index is 1.62. The number of amides is 1. The minimum Gasteiger partial charge on any atom is -0.325 e. The fourth-order valence-electron chi connectivity index (χ4n) is 2.78. The van der Waals surface area contributed by atoms with Gasteiger partial charge in [-0.15, -0.1) is 11.3 Å². The molecule has 0 spiro atoms. The Labute approximate surface area is 143 Å². The van der Waals surface area contributed by atoms with E-state index in [9.17, 15) is 4.79 Å². The summed E-state index contributed by atoms with van der Waals surface area (Å²) < 4.78 is 0. The summed E-state index contributed by atoms with van der Waals surface area (Å²) in [6.07, 6.45) is 2.24. The van der Waals surface area contributed by atoms with E-state index in [1.807, 2.05) is 0 Å². The Bertz CT molecular complexity index is 660. The zero-order chi connectivity index (χ0) is 15.5. The van der Waals surface area contributed by atoms with Gasteiger partial charge < -0.3 is 5.32 Å². The number of carbonyl (C=O) groups excluding carboxylic acids is 1. The van der Waals surface area contributed by atoms with Gasteiger partial charge in [0.25, 0.3) is 0 Å². The predicted molar refractivity (Wildman–Crippen MR) is 93.0 cm³/mol. The van der Waals surface area contributed by atoms with Crippen LogP contribution >= 0.6 is 34.5 Å². The molecule has 1 aliphatic rings. The van der Waals surface area contributed by atoms with Gasteiger partial charge in [-0.2, -0.15) is 0 Å². The monoisotopic (exact) mass is 354 g/mol. The van der Waals surface area contributed by atoms with Crippen molar-refractivity contribution in [1.82, 2.24) is 4.90 Å². The highest BCUT2D eigenvalue weighted by Crippen LogP contribution is 2.34. The van der Waals surface area contributed by atoms with Crippen LogP contribution in [0.5, 0.6) is 0 Å². The lowest BCUT2D eigenvalue weighted by molar-refractivity contribution is -0.117. The van der Waals surface area contributed by atoms with Crippen LogP contribution in [0.15, 0.2) is 35.7 Å². The number of nitrogens with one attached hydrogen (secondary N) is 1. The standard InChI is InChI=1S/C16H16Cl2N2OS/c17-12-6-5-11(9-13(12)18)19-16(21)10-20-7-1-3-14(20)15-4-2-8-22-15/h2,4-6,8-9,14H,1,3,7,10H2,(H,19,21)/t14-/m1/s1. The van der Waals surface area contributed by atoms with Crippen LogP contribution in [0.2, 0.25) is 10.0 Å². The molecule has 1 fully saturated rings. The highest BCUT2D eigenvalue weighted by molar-refractivity contribution is 7.10. The van der Waals surface area contributed by atoms with Crippen molar-refractivity contribution in [2.24, 2.45) is 0 Å². The van der Waals surface area contributed by atoms with E-state index in [0.717, 1.165) is 19.4 Å². The number of rotatable bonds is 4. The van der Waals surface area contributed by atoms with Crippen molar-refractivity contribution in [2.45, 2.75) is 18.9 Å². The Kier molecular flexibility index (Phi) is 5.03. The van der Waals surface area contributed by atoms with E-state index in [-0.39, 0.29) is 5.91 Å². The van der Waals surface area contributed by atoms with Crippen LogP contribution in [0.1, 0.15) is 23.8 Å². The molecule has 0 saturated carbocycles. The smallest absolute Gasteiger partial charge is 0.238 e. The first-order valence-electron chi connectivity index (χ1n) is 7.16. The number of thiophene rings is 1. The van der Waals surface area contributed by atoms with E-state index in [1.165, 1.54) is 4.88 Å². The number of benzene rings is 1. The van der Waals surface area contributed by atoms with E-state index in [0.29, 0.717) is 28.3 Å². The zero-order valence-electron chi connectivity index (χ0n) is 11.9. The molecule has 22 heavy (non-hydrogen) atoms. The lowest BCUT2D eigenvalue weighted by Gasteiger charge is -2.22. The van der Waals surface area contributed by atoms with Crippen molar-refractivity contribution in [3.05, 3.63) is 50.6 Å². The van der Waals surface area contributed by atoms with Crippen LogP contribution in [0.25, 0.3) is 0 Å². The average molecular weight is 355 g/mol. The lowest BCUT2D eigenvalue weighted by atomic mass is 10.2. The Morgan fingerprint density at radius 3 is 2.91 bits per heavy atom. The van der Waals surface area contributed by atoms with E-state index in [4.69, 9.17) is 23.2 Å². The number of halogens is 2. The molecular weight excluding hydrogens is 339 g/mol. The van der Waals surface area contributed by atoms with E-state index in [1.54, 1.807) is 29.5 Å². The predicted octanol–water partition coefficient (Wildman–Crippen LogP) is 4.83. The molecule has 6 heteroatoms. The van der Waals surface area contributed by atoms with Gasteiger partial charge in [-0.3, -0.25) is 9.69 Å². The fourth-order valence-corrected chi connectivity index (χ4v) is 3.97. The van der Waals surface area contributed by atoms with E-state index in [2.05, 4.69) is 27.7 Å². The number of anilines is 1. The first kappa shape index (κ1) is 15.8. The third kappa shape index (κ3) is 3.63. The van der Waals surface area contributed by atoms with Crippen LogP contribution < -0.4 is 5.32 Å². The van der Waals surface area contributed by atoms with Crippen molar-refractivity contribution >= 4 is 46.1 Å². The minimum atomic E-state index is -0.0261. The molecule has 1 aromatic carbocycles. The molecule has 1 N–H and O–H groups in total. The number of hydrogen-bond acceptors (Lipinski definition) is 3. The van der Waals surface area contributed by atoms with Crippen LogP contribution in [0.3, 0.4) is 0 Å². The molecule has 0 radical (unpaired) electrons. The molecule has 0 aliphatic carbocycles. The fraction of sp³-hybridized carbons (Fsp3) is 0.312. The van der Waals surface area contributed by atoms with Crippen molar-refractivity contribution in [3.63, 3.8) is 0 Å². The molecule has 1 aliphatic heterocycles. The minimum absolute atomic E-state index is 0.0261. The topological polar surface area (TPSA) is 32.3 Å². The van der Waals surface area contributed by atoms with Gasteiger partial charge in [0.2, 0.25) is 5.91 Å².